The molecule has 0 spiro atoms. The Balaban J connectivity index is 1.72. The van der Waals surface area contributed by atoms with Gasteiger partial charge in [-0.2, -0.15) is 0 Å². The molecule has 2 fully saturated rings. The van der Waals surface area contributed by atoms with Crippen molar-refractivity contribution >= 4 is 33.7 Å². The third-order valence-electron chi connectivity index (χ3n) is 4.68. The number of aromatic nitrogens is 2. The Labute approximate surface area is 128 Å². The number of piperazine rings is 1. The summed E-state index contributed by atoms with van der Waals surface area (Å²) in [5.74, 6) is 1.62. The number of nitrogens with zero attached hydrogens (tertiary/aromatic N) is 4. The molecule has 0 saturated carbocycles. The van der Waals surface area contributed by atoms with Crippen molar-refractivity contribution < 1.29 is 0 Å². The fourth-order valence-electron chi connectivity index (χ4n) is 3.66. The first-order chi connectivity index (χ1) is 9.78. The van der Waals surface area contributed by atoms with Crippen molar-refractivity contribution in [1.29, 1.82) is 0 Å². The SMILES string of the molecule is CC1CN2CCCC2CN1c1nc2sccn2c1CCl. The molecule has 0 aromatic carbocycles. The van der Waals surface area contributed by atoms with Gasteiger partial charge in [-0.1, -0.05) is 0 Å². The van der Waals surface area contributed by atoms with Crippen LogP contribution in [0, 0.1) is 0 Å². The molecule has 2 saturated heterocycles. The third-order valence-corrected chi connectivity index (χ3v) is 5.69. The molecular weight excluding hydrogens is 292 g/mol. The molecular formula is C14H19ClN4S. The predicted octanol–water partition coefficient (Wildman–Crippen LogP) is 2.81. The van der Waals surface area contributed by atoms with Gasteiger partial charge in [0.15, 0.2) is 10.8 Å². The maximum Gasteiger partial charge on any atom is 0.195 e. The molecule has 20 heavy (non-hydrogen) atoms. The van der Waals surface area contributed by atoms with E-state index in [1.165, 1.54) is 19.4 Å². The van der Waals surface area contributed by atoms with E-state index in [4.69, 9.17) is 16.6 Å². The first-order valence-electron chi connectivity index (χ1n) is 7.29. The topological polar surface area (TPSA) is 23.8 Å². The second-order valence-electron chi connectivity index (χ2n) is 5.86. The highest BCUT2D eigenvalue weighted by Crippen LogP contribution is 2.32. The summed E-state index contributed by atoms with van der Waals surface area (Å²) in [6.45, 7) is 5.82. The van der Waals surface area contributed by atoms with Crippen LogP contribution < -0.4 is 4.90 Å². The first-order valence-corrected chi connectivity index (χ1v) is 8.70. The van der Waals surface area contributed by atoms with Crippen molar-refractivity contribution in [3.8, 4) is 0 Å². The standard InChI is InChI=1S/C14H19ClN4S/c1-10-8-17-4-2-3-11(17)9-19(10)13-12(7-15)18-5-6-20-14(18)16-13/h5-6,10-11H,2-4,7-9H2,1H3. The minimum absolute atomic E-state index is 0.510. The molecule has 2 aromatic heterocycles. The molecule has 0 aliphatic carbocycles. The molecule has 0 N–H and O–H groups in total. The molecule has 2 aliphatic rings. The number of rotatable bonds is 2. The van der Waals surface area contributed by atoms with Crippen molar-refractivity contribution in [3.05, 3.63) is 17.3 Å². The van der Waals surface area contributed by atoms with Crippen LogP contribution in [0.4, 0.5) is 5.82 Å². The van der Waals surface area contributed by atoms with Crippen LogP contribution in [0.25, 0.3) is 4.96 Å². The maximum absolute atomic E-state index is 6.19. The zero-order chi connectivity index (χ0) is 13.7. The van der Waals surface area contributed by atoms with Crippen molar-refractivity contribution in [2.24, 2.45) is 0 Å². The summed E-state index contributed by atoms with van der Waals surface area (Å²) >= 11 is 7.87. The molecule has 6 heteroatoms. The number of halogens is 1. The highest BCUT2D eigenvalue weighted by Gasteiger charge is 2.36. The highest BCUT2D eigenvalue weighted by molar-refractivity contribution is 7.15. The number of hydrogen-bond donors (Lipinski definition) is 0. The number of hydrogen-bond acceptors (Lipinski definition) is 4. The van der Waals surface area contributed by atoms with Gasteiger partial charge in [0.25, 0.3) is 0 Å². The summed E-state index contributed by atoms with van der Waals surface area (Å²) in [5.41, 5.74) is 1.14. The van der Waals surface area contributed by atoms with Crippen LogP contribution in [0.1, 0.15) is 25.5 Å². The van der Waals surface area contributed by atoms with E-state index in [2.05, 4.69) is 32.7 Å². The van der Waals surface area contributed by atoms with Gasteiger partial charge in [-0.05, 0) is 26.3 Å². The number of thiazole rings is 1. The normalized spacial score (nSPS) is 27.4. The van der Waals surface area contributed by atoms with Crippen molar-refractivity contribution in [2.45, 2.75) is 37.7 Å². The van der Waals surface area contributed by atoms with E-state index in [0.29, 0.717) is 18.0 Å². The molecule has 108 valence electrons. The second-order valence-corrected chi connectivity index (χ2v) is 7.00. The molecule has 4 heterocycles. The van der Waals surface area contributed by atoms with E-state index in [-0.39, 0.29) is 0 Å². The Bertz CT molecular complexity index is 622. The van der Waals surface area contributed by atoms with E-state index in [0.717, 1.165) is 29.6 Å². The average Bonchev–Trinajstić information content (AvgIpc) is 3.10. The Morgan fingerprint density at radius 3 is 3.20 bits per heavy atom. The molecule has 2 aliphatic heterocycles. The lowest BCUT2D eigenvalue weighted by Gasteiger charge is -2.42. The van der Waals surface area contributed by atoms with E-state index in [1.54, 1.807) is 11.3 Å². The van der Waals surface area contributed by atoms with Gasteiger partial charge in [0.2, 0.25) is 0 Å². The van der Waals surface area contributed by atoms with Crippen molar-refractivity contribution in [1.82, 2.24) is 14.3 Å². The molecule has 2 atom stereocenters. The largest absolute Gasteiger partial charge is 0.349 e. The average molecular weight is 311 g/mol. The molecule has 0 amide bonds. The Kier molecular flexibility index (Phi) is 3.16. The van der Waals surface area contributed by atoms with E-state index < -0.39 is 0 Å². The summed E-state index contributed by atoms with van der Waals surface area (Å²) in [4.78, 5) is 11.0. The van der Waals surface area contributed by atoms with Crippen LogP contribution in [-0.4, -0.2) is 46.0 Å². The quantitative estimate of drug-likeness (QED) is 0.797. The van der Waals surface area contributed by atoms with Gasteiger partial charge in [-0.25, -0.2) is 4.98 Å². The summed E-state index contributed by atoms with van der Waals surface area (Å²) in [5, 5.41) is 2.07. The molecule has 2 unspecified atom stereocenters. The fourth-order valence-corrected chi connectivity index (χ4v) is 4.63. The smallest absolute Gasteiger partial charge is 0.195 e. The lowest BCUT2D eigenvalue weighted by molar-refractivity contribution is 0.202. The van der Waals surface area contributed by atoms with Gasteiger partial charge in [-0.15, -0.1) is 22.9 Å². The van der Waals surface area contributed by atoms with Crippen molar-refractivity contribution in [2.75, 3.05) is 24.5 Å². The zero-order valence-electron chi connectivity index (χ0n) is 11.6. The van der Waals surface area contributed by atoms with Crippen LogP contribution in [0.3, 0.4) is 0 Å². The van der Waals surface area contributed by atoms with Gasteiger partial charge in [0.05, 0.1) is 11.6 Å². The van der Waals surface area contributed by atoms with Gasteiger partial charge >= 0.3 is 0 Å². The second kappa shape index (κ2) is 4.90. The van der Waals surface area contributed by atoms with Crippen molar-refractivity contribution in [3.63, 3.8) is 0 Å². The monoisotopic (exact) mass is 310 g/mol. The van der Waals surface area contributed by atoms with Crippen LogP contribution in [0.2, 0.25) is 0 Å². The Morgan fingerprint density at radius 2 is 2.35 bits per heavy atom. The first kappa shape index (κ1) is 12.9. The van der Waals surface area contributed by atoms with Crippen LogP contribution in [0.5, 0.6) is 0 Å². The van der Waals surface area contributed by atoms with Gasteiger partial charge in [0.1, 0.15) is 0 Å². The minimum atomic E-state index is 0.510. The number of imidazole rings is 1. The van der Waals surface area contributed by atoms with E-state index in [1.807, 2.05) is 0 Å². The lowest BCUT2D eigenvalue weighted by atomic mass is 10.1. The number of alkyl halides is 1. The van der Waals surface area contributed by atoms with E-state index in [9.17, 15) is 0 Å². The third kappa shape index (κ3) is 1.87. The number of anilines is 1. The summed E-state index contributed by atoms with van der Waals surface area (Å²) in [6, 6.07) is 1.21. The van der Waals surface area contributed by atoms with Crippen LogP contribution in [-0.2, 0) is 5.88 Å². The van der Waals surface area contributed by atoms with Gasteiger partial charge in [-0.3, -0.25) is 9.30 Å². The molecule has 2 aromatic rings. The summed E-state index contributed by atoms with van der Waals surface area (Å²) in [6.07, 6.45) is 4.73. The summed E-state index contributed by atoms with van der Waals surface area (Å²) in [7, 11) is 0. The molecule has 4 rings (SSSR count). The minimum Gasteiger partial charge on any atom is -0.349 e. The summed E-state index contributed by atoms with van der Waals surface area (Å²) < 4.78 is 2.14. The molecule has 0 radical (unpaired) electrons. The van der Waals surface area contributed by atoms with Crippen LogP contribution >= 0.6 is 22.9 Å². The lowest BCUT2D eigenvalue weighted by Crippen LogP contribution is -2.55. The Morgan fingerprint density at radius 1 is 1.45 bits per heavy atom. The van der Waals surface area contributed by atoms with Crippen LogP contribution in [0.15, 0.2) is 11.6 Å². The fraction of sp³-hybridized carbons (Fsp3) is 0.643. The molecule has 4 nitrogen and oxygen atoms in total. The van der Waals surface area contributed by atoms with E-state index >= 15 is 0 Å². The molecule has 0 bridgehead atoms. The zero-order valence-corrected chi connectivity index (χ0v) is 13.2. The predicted molar refractivity (Wildman–Crippen MR) is 84.0 cm³/mol. The van der Waals surface area contributed by atoms with Gasteiger partial charge < -0.3 is 4.90 Å². The highest BCUT2D eigenvalue weighted by atomic mass is 35.5. The maximum atomic E-state index is 6.19. The number of fused-ring (bicyclic) bond motifs is 2. The Hall–Kier alpha value is -0.780. The van der Waals surface area contributed by atoms with Gasteiger partial charge in [0, 0.05) is 36.8 Å².